The molecule has 18 heavy (non-hydrogen) atoms. The van der Waals surface area contributed by atoms with Crippen LogP contribution >= 0.6 is 0 Å². The number of rotatable bonds is 6. The molecule has 1 rings (SSSR count). The molecule has 104 valence electrons. The van der Waals surface area contributed by atoms with Gasteiger partial charge >= 0.3 is 12.1 Å². The third kappa shape index (κ3) is 5.86. The molecule has 0 radical (unpaired) electrons. The second-order valence-corrected chi connectivity index (χ2v) is 3.98. The average molecular weight is 259 g/mol. The standard InChI is InChI=1S/C12H21NO5/c1-2-17-11(14)5-3-4-8-18-12(15)13-6-9-16-10-7-13/h2-10H2,1H3. The highest BCUT2D eigenvalue weighted by atomic mass is 16.6. The molecule has 0 saturated carbocycles. The molecule has 1 aliphatic heterocycles. The Balaban J connectivity index is 2.00. The van der Waals surface area contributed by atoms with Gasteiger partial charge in [-0.2, -0.15) is 0 Å². The third-order valence-corrected chi connectivity index (χ3v) is 2.58. The van der Waals surface area contributed by atoms with E-state index in [2.05, 4.69) is 0 Å². The molecule has 6 nitrogen and oxygen atoms in total. The van der Waals surface area contributed by atoms with E-state index in [0.29, 0.717) is 58.8 Å². The summed E-state index contributed by atoms with van der Waals surface area (Å²) in [6, 6.07) is 0. The predicted molar refractivity (Wildman–Crippen MR) is 64.2 cm³/mol. The molecule has 1 amide bonds. The highest BCUT2D eigenvalue weighted by molar-refractivity contribution is 5.69. The van der Waals surface area contributed by atoms with E-state index >= 15 is 0 Å². The van der Waals surface area contributed by atoms with Gasteiger partial charge in [0.2, 0.25) is 0 Å². The van der Waals surface area contributed by atoms with Crippen LogP contribution in [0.1, 0.15) is 26.2 Å². The number of unbranched alkanes of at least 4 members (excludes halogenated alkanes) is 1. The summed E-state index contributed by atoms with van der Waals surface area (Å²) in [5, 5.41) is 0. The monoisotopic (exact) mass is 259 g/mol. The Bertz CT molecular complexity index is 263. The van der Waals surface area contributed by atoms with Crippen molar-refractivity contribution in [3.8, 4) is 0 Å². The number of esters is 1. The van der Waals surface area contributed by atoms with Gasteiger partial charge in [-0.3, -0.25) is 4.79 Å². The molecule has 0 aromatic carbocycles. The Labute approximate surface area is 107 Å². The molecule has 0 bridgehead atoms. The molecular formula is C12H21NO5. The van der Waals surface area contributed by atoms with Crippen LogP contribution in [0.4, 0.5) is 4.79 Å². The van der Waals surface area contributed by atoms with Crippen LogP contribution in [-0.4, -0.2) is 56.5 Å². The zero-order valence-electron chi connectivity index (χ0n) is 10.9. The molecule has 0 spiro atoms. The number of morpholine rings is 1. The molecule has 0 atom stereocenters. The first-order valence-electron chi connectivity index (χ1n) is 6.39. The molecule has 0 aliphatic carbocycles. The van der Waals surface area contributed by atoms with E-state index in [0.717, 1.165) is 0 Å². The lowest BCUT2D eigenvalue weighted by Crippen LogP contribution is -2.41. The van der Waals surface area contributed by atoms with Gasteiger partial charge < -0.3 is 19.1 Å². The molecule has 0 aromatic rings. The van der Waals surface area contributed by atoms with Crippen LogP contribution in [0.25, 0.3) is 0 Å². The first kappa shape index (κ1) is 14.8. The minimum atomic E-state index is -0.297. The fourth-order valence-electron chi connectivity index (χ4n) is 1.60. The van der Waals surface area contributed by atoms with Crippen molar-refractivity contribution >= 4 is 12.1 Å². The quantitative estimate of drug-likeness (QED) is 0.529. The number of hydrogen-bond donors (Lipinski definition) is 0. The van der Waals surface area contributed by atoms with Crippen LogP contribution in [0.15, 0.2) is 0 Å². The van der Waals surface area contributed by atoms with Gasteiger partial charge in [0.05, 0.1) is 26.4 Å². The maximum atomic E-state index is 11.6. The van der Waals surface area contributed by atoms with E-state index in [9.17, 15) is 9.59 Å². The minimum Gasteiger partial charge on any atom is -0.466 e. The molecule has 1 heterocycles. The van der Waals surface area contributed by atoms with Crippen molar-refractivity contribution in [3.63, 3.8) is 0 Å². The molecule has 0 N–H and O–H groups in total. The van der Waals surface area contributed by atoms with Gasteiger partial charge in [-0.1, -0.05) is 0 Å². The van der Waals surface area contributed by atoms with Gasteiger partial charge in [0, 0.05) is 19.5 Å². The van der Waals surface area contributed by atoms with Crippen LogP contribution in [0.5, 0.6) is 0 Å². The van der Waals surface area contributed by atoms with E-state index in [1.54, 1.807) is 11.8 Å². The predicted octanol–water partition coefficient (Wildman–Crippen LogP) is 1.19. The van der Waals surface area contributed by atoms with Gasteiger partial charge in [-0.15, -0.1) is 0 Å². The number of hydrogen-bond acceptors (Lipinski definition) is 5. The summed E-state index contributed by atoms with van der Waals surface area (Å²) < 4.78 is 15.0. The van der Waals surface area contributed by atoms with Crippen molar-refractivity contribution in [2.24, 2.45) is 0 Å². The fourth-order valence-corrected chi connectivity index (χ4v) is 1.60. The number of ether oxygens (including phenoxy) is 3. The normalized spacial score (nSPS) is 15.3. The summed E-state index contributed by atoms with van der Waals surface area (Å²) in [5.74, 6) is -0.197. The van der Waals surface area contributed by atoms with Gasteiger partial charge in [-0.05, 0) is 19.8 Å². The first-order chi connectivity index (χ1) is 8.74. The minimum absolute atomic E-state index is 0.197. The van der Waals surface area contributed by atoms with Crippen molar-refractivity contribution in [1.29, 1.82) is 0 Å². The Morgan fingerprint density at radius 2 is 1.89 bits per heavy atom. The topological polar surface area (TPSA) is 65.1 Å². The summed E-state index contributed by atoms with van der Waals surface area (Å²) in [7, 11) is 0. The number of carbonyl (C=O) groups excluding carboxylic acids is 2. The SMILES string of the molecule is CCOC(=O)CCCCOC(=O)N1CCOCC1. The Hall–Kier alpha value is -1.30. The lowest BCUT2D eigenvalue weighted by atomic mass is 10.2. The fraction of sp³-hybridized carbons (Fsp3) is 0.833. The highest BCUT2D eigenvalue weighted by Gasteiger charge is 2.17. The maximum absolute atomic E-state index is 11.6. The smallest absolute Gasteiger partial charge is 0.409 e. The van der Waals surface area contributed by atoms with Crippen molar-refractivity contribution in [2.75, 3.05) is 39.5 Å². The number of carbonyl (C=O) groups is 2. The van der Waals surface area contributed by atoms with Crippen molar-refractivity contribution < 1.29 is 23.8 Å². The van der Waals surface area contributed by atoms with Crippen molar-refractivity contribution in [2.45, 2.75) is 26.2 Å². The van der Waals surface area contributed by atoms with Gasteiger partial charge in [0.25, 0.3) is 0 Å². The molecule has 0 aromatic heterocycles. The molecule has 1 saturated heterocycles. The van der Waals surface area contributed by atoms with E-state index in [-0.39, 0.29) is 12.1 Å². The van der Waals surface area contributed by atoms with Crippen molar-refractivity contribution in [1.82, 2.24) is 4.90 Å². The van der Waals surface area contributed by atoms with Gasteiger partial charge in [0.15, 0.2) is 0 Å². The second-order valence-electron chi connectivity index (χ2n) is 3.98. The number of nitrogens with zero attached hydrogens (tertiary/aromatic N) is 1. The van der Waals surface area contributed by atoms with Crippen LogP contribution in [0.3, 0.4) is 0 Å². The van der Waals surface area contributed by atoms with Gasteiger partial charge in [-0.25, -0.2) is 4.79 Å². The maximum Gasteiger partial charge on any atom is 0.409 e. The lowest BCUT2D eigenvalue weighted by molar-refractivity contribution is -0.143. The van der Waals surface area contributed by atoms with E-state index in [1.165, 1.54) is 0 Å². The lowest BCUT2D eigenvalue weighted by Gasteiger charge is -2.25. The van der Waals surface area contributed by atoms with Crippen LogP contribution in [-0.2, 0) is 19.0 Å². The summed E-state index contributed by atoms with van der Waals surface area (Å²) >= 11 is 0. The average Bonchev–Trinajstić information content (AvgIpc) is 2.39. The molecular weight excluding hydrogens is 238 g/mol. The summed E-state index contributed by atoms with van der Waals surface area (Å²) in [4.78, 5) is 24.2. The van der Waals surface area contributed by atoms with E-state index in [1.807, 2.05) is 0 Å². The second kappa shape index (κ2) is 8.74. The Morgan fingerprint density at radius 3 is 2.56 bits per heavy atom. The zero-order chi connectivity index (χ0) is 13.2. The zero-order valence-corrected chi connectivity index (χ0v) is 10.9. The van der Waals surface area contributed by atoms with Gasteiger partial charge in [0.1, 0.15) is 0 Å². The molecule has 1 fully saturated rings. The highest BCUT2D eigenvalue weighted by Crippen LogP contribution is 2.02. The summed E-state index contributed by atoms with van der Waals surface area (Å²) in [6.45, 7) is 4.84. The van der Waals surface area contributed by atoms with Crippen LogP contribution in [0.2, 0.25) is 0 Å². The Morgan fingerprint density at radius 1 is 1.17 bits per heavy atom. The molecule has 1 aliphatic rings. The van der Waals surface area contributed by atoms with Crippen molar-refractivity contribution in [3.05, 3.63) is 0 Å². The van der Waals surface area contributed by atoms with E-state index < -0.39 is 0 Å². The Kier molecular flexibility index (Phi) is 7.17. The van der Waals surface area contributed by atoms with Crippen LogP contribution < -0.4 is 0 Å². The summed E-state index contributed by atoms with van der Waals surface area (Å²) in [6.07, 6.45) is 1.43. The van der Waals surface area contributed by atoms with E-state index in [4.69, 9.17) is 14.2 Å². The number of amides is 1. The first-order valence-corrected chi connectivity index (χ1v) is 6.39. The molecule has 0 unspecified atom stereocenters. The third-order valence-electron chi connectivity index (χ3n) is 2.58. The summed E-state index contributed by atoms with van der Waals surface area (Å²) in [5.41, 5.74) is 0. The molecule has 6 heteroatoms. The van der Waals surface area contributed by atoms with Crippen LogP contribution in [0, 0.1) is 0 Å². The largest absolute Gasteiger partial charge is 0.466 e.